The van der Waals surface area contributed by atoms with Gasteiger partial charge in [-0.15, -0.1) is 0 Å². The molecule has 1 fully saturated rings. The van der Waals surface area contributed by atoms with E-state index in [4.69, 9.17) is 0 Å². The number of nitrogens with one attached hydrogen (secondary N) is 1. The summed E-state index contributed by atoms with van der Waals surface area (Å²) in [6.45, 7) is 4.11. The zero-order valence-corrected chi connectivity index (χ0v) is 15.9. The average molecular weight is 404 g/mol. The lowest BCUT2D eigenvalue weighted by Crippen LogP contribution is -2.43. The number of allylic oxidation sites excluding steroid dienone is 1. The van der Waals surface area contributed by atoms with E-state index < -0.39 is 29.5 Å². The highest BCUT2D eigenvalue weighted by Crippen LogP contribution is 2.44. The molecule has 152 valence electrons. The van der Waals surface area contributed by atoms with Crippen LogP contribution in [0.25, 0.3) is 12.3 Å². The van der Waals surface area contributed by atoms with Crippen LogP contribution in [-0.4, -0.2) is 27.1 Å². The summed E-state index contributed by atoms with van der Waals surface area (Å²) < 4.78 is 55.2. The van der Waals surface area contributed by atoms with Gasteiger partial charge in [0.15, 0.2) is 0 Å². The molecule has 0 bridgehead atoms. The van der Waals surface area contributed by atoms with Crippen molar-refractivity contribution in [2.24, 2.45) is 0 Å². The normalized spacial score (nSPS) is 17.3. The quantitative estimate of drug-likeness (QED) is 0.751. The topological polar surface area (TPSA) is 41.1 Å². The van der Waals surface area contributed by atoms with E-state index in [0.717, 1.165) is 18.9 Å². The van der Waals surface area contributed by atoms with E-state index in [1.54, 1.807) is 17.2 Å². The molecular formula is C21H20F4N4. The Labute approximate surface area is 165 Å². The third kappa shape index (κ3) is 3.47. The first kappa shape index (κ1) is 19.4. The second-order valence-electron chi connectivity index (χ2n) is 7.53. The van der Waals surface area contributed by atoms with Gasteiger partial charge in [-0.1, -0.05) is 24.8 Å². The maximum Gasteiger partial charge on any atom is 0.273 e. The number of benzene rings is 1. The predicted molar refractivity (Wildman–Crippen MR) is 102 cm³/mol. The van der Waals surface area contributed by atoms with Gasteiger partial charge in [0.05, 0.1) is 21.7 Å². The zero-order valence-electron chi connectivity index (χ0n) is 15.9. The molecule has 1 aromatic carbocycles. The van der Waals surface area contributed by atoms with Crippen LogP contribution in [0.1, 0.15) is 30.9 Å². The Bertz CT molecular complexity index is 1090. The lowest BCUT2D eigenvalue weighted by molar-refractivity contribution is 0.0136. The van der Waals surface area contributed by atoms with E-state index in [2.05, 4.69) is 21.9 Å². The van der Waals surface area contributed by atoms with Crippen LogP contribution in [0.2, 0.25) is 0 Å². The molecule has 29 heavy (non-hydrogen) atoms. The van der Waals surface area contributed by atoms with E-state index in [9.17, 15) is 17.6 Å². The number of hydrogen-bond donors (Lipinski definition) is 1. The molecular weight excluding hydrogens is 384 g/mol. The fourth-order valence-corrected chi connectivity index (χ4v) is 3.49. The second-order valence-corrected chi connectivity index (χ2v) is 7.53. The highest BCUT2D eigenvalue weighted by molar-refractivity contribution is 5.57. The van der Waals surface area contributed by atoms with Crippen LogP contribution in [0, 0.1) is 5.82 Å². The maximum absolute atomic E-state index is 14.5. The number of nitrogens with zero attached hydrogens (tertiary/aromatic N) is 3. The van der Waals surface area contributed by atoms with Crippen molar-refractivity contribution in [3.05, 3.63) is 64.3 Å². The van der Waals surface area contributed by atoms with E-state index >= 15 is 0 Å². The summed E-state index contributed by atoms with van der Waals surface area (Å²) in [7, 11) is 0. The lowest BCUT2D eigenvalue weighted by Gasteiger charge is -2.31. The van der Waals surface area contributed by atoms with Crippen LogP contribution in [-0.2, 0) is 12.5 Å². The molecule has 0 amide bonds. The third-order valence-electron chi connectivity index (χ3n) is 5.37. The summed E-state index contributed by atoms with van der Waals surface area (Å²) in [6, 6.07) is 3.91. The Kier molecular flexibility index (Phi) is 4.59. The third-order valence-corrected chi connectivity index (χ3v) is 5.37. The van der Waals surface area contributed by atoms with Crippen molar-refractivity contribution >= 4 is 18.1 Å². The second kappa shape index (κ2) is 6.86. The van der Waals surface area contributed by atoms with Crippen molar-refractivity contribution in [2.75, 3.05) is 12.0 Å². The first-order valence-corrected chi connectivity index (χ1v) is 9.23. The molecule has 4 nitrogen and oxygen atoms in total. The Morgan fingerprint density at radius 1 is 1.28 bits per heavy atom. The van der Waals surface area contributed by atoms with Gasteiger partial charge in [0, 0.05) is 30.9 Å². The summed E-state index contributed by atoms with van der Waals surface area (Å²) in [4.78, 5) is 10.2. The number of aromatic nitrogens is 2. The summed E-state index contributed by atoms with van der Waals surface area (Å²) >= 11 is 0. The Balaban J connectivity index is 1.66. The summed E-state index contributed by atoms with van der Waals surface area (Å²) in [6.07, 6.45) is 6.30. The van der Waals surface area contributed by atoms with Crippen molar-refractivity contribution < 1.29 is 17.6 Å². The zero-order chi connectivity index (χ0) is 20.8. The minimum Gasteiger partial charge on any atom is -0.365 e. The van der Waals surface area contributed by atoms with Gasteiger partial charge in [0.2, 0.25) is 0 Å². The molecule has 1 saturated carbocycles. The van der Waals surface area contributed by atoms with Crippen LogP contribution in [0.15, 0.2) is 36.8 Å². The average Bonchev–Trinajstić information content (AvgIpc) is 3.46. The first-order chi connectivity index (χ1) is 13.7. The SMILES string of the molecule is C=C1C=c2ncnc(NCc3cccc(C(C)(F)F)c3F)c2=CN1C1(CF)CC1. The van der Waals surface area contributed by atoms with Crippen LogP contribution in [0.4, 0.5) is 23.4 Å². The monoisotopic (exact) mass is 404 g/mol. The number of anilines is 1. The van der Waals surface area contributed by atoms with E-state index in [0.29, 0.717) is 29.0 Å². The number of rotatable bonds is 6. The molecule has 1 aliphatic heterocycles. The minimum atomic E-state index is -3.28. The molecule has 1 aliphatic carbocycles. The van der Waals surface area contributed by atoms with Gasteiger partial charge in [-0.05, 0) is 18.9 Å². The van der Waals surface area contributed by atoms with Gasteiger partial charge < -0.3 is 10.2 Å². The van der Waals surface area contributed by atoms with Gasteiger partial charge in [-0.2, -0.15) is 0 Å². The van der Waals surface area contributed by atoms with Gasteiger partial charge in [0.25, 0.3) is 5.92 Å². The Hall–Kier alpha value is -2.90. The van der Waals surface area contributed by atoms with E-state index in [1.165, 1.54) is 18.5 Å². The number of fused-ring (bicyclic) bond motifs is 1. The molecule has 1 N–H and O–H groups in total. The van der Waals surface area contributed by atoms with Crippen molar-refractivity contribution in [1.29, 1.82) is 0 Å². The molecule has 2 aliphatic rings. The van der Waals surface area contributed by atoms with Crippen LogP contribution in [0.5, 0.6) is 0 Å². The molecule has 8 heteroatoms. The minimum absolute atomic E-state index is 0.0394. The highest BCUT2D eigenvalue weighted by atomic mass is 19.3. The van der Waals surface area contributed by atoms with Crippen LogP contribution >= 0.6 is 0 Å². The smallest absolute Gasteiger partial charge is 0.273 e. The number of halogens is 4. The van der Waals surface area contributed by atoms with Crippen molar-refractivity contribution in [3.8, 4) is 0 Å². The number of hydrogen-bond acceptors (Lipinski definition) is 4. The van der Waals surface area contributed by atoms with Crippen LogP contribution < -0.4 is 15.9 Å². The molecule has 2 heterocycles. The number of alkyl halides is 3. The summed E-state index contributed by atoms with van der Waals surface area (Å²) in [5, 5.41) is 4.22. The Morgan fingerprint density at radius 2 is 2.03 bits per heavy atom. The first-order valence-electron chi connectivity index (χ1n) is 9.23. The van der Waals surface area contributed by atoms with Gasteiger partial charge in [0.1, 0.15) is 24.6 Å². The van der Waals surface area contributed by atoms with Gasteiger partial charge in [-0.3, -0.25) is 0 Å². The Morgan fingerprint density at radius 3 is 2.69 bits per heavy atom. The largest absolute Gasteiger partial charge is 0.365 e. The molecule has 1 aromatic heterocycles. The molecule has 0 unspecified atom stereocenters. The standard InChI is InChI=1S/C21H20F4N4/c1-13-8-17-15(10-29(13)21(11-22)6-7-21)19(28-12-27-17)26-9-14-4-3-5-16(18(14)23)20(2,24)25/h3-5,8,10,12H,1,6-7,9,11H2,2H3,(H,26,27,28). The van der Waals surface area contributed by atoms with Crippen molar-refractivity contribution in [1.82, 2.24) is 14.9 Å². The summed E-state index contributed by atoms with van der Waals surface area (Å²) in [5.74, 6) is -3.82. The molecule has 0 atom stereocenters. The molecule has 2 aromatic rings. The molecule has 0 spiro atoms. The maximum atomic E-state index is 14.5. The molecule has 0 radical (unpaired) electrons. The van der Waals surface area contributed by atoms with E-state index in [1.807, 2.05) is 0 Å². The molecule has 4 rings (SSSR count). The van der Waals surface area contributed by atoms with Crippen molar-refractivity contribution in [3.63, 3.8) is 0 Å². The lowest BCUT2D eigenvalue weighted by atomic mass is 10.0. The van der Waals surface area contributed by atoms with Crippen LogP contribution in [0.3, 0.4) is 0 Å². The van der Waals surface area contributed by atoms with Crippen molar-refractivity contribution in [2.45, 2.75) is 37.8 Å². The fourth-order valence-electron chi connectivity index (χ4n) is 3.49. The molecule has 0 saturated heterocycles. The predicted octanol–water partition coefficient (Wildman–Crippen LogP) is 3.19. The van der Waals surface area contributed by atoms with Gasteiger partial charge >= 0.3 is 0 Å². The highest BCUT2D eigenvalue weighted by Gasteiger charge is 2.48. The summed E-state index contributed by atoms with van der Waals surface area (Å²) in [5.41, 5.74) is -0.491. The van der Waals surface area contributed by atoms with E-state index in [-0.39, 0.29) is 12.1 Å². The fraction of sp³-hybridized carbons (Fsp3) is 0.333. The van der Waals surface area contributed by atoms with Gasteiger partial charge in [-0.25, -0.2) is 27.5 Å².